The van der Waals surface area contributed by atoms with Gasteiger partial charge < -0.3 is 20.5 Å². The third-order valence-electron chi connectivity index (χ3n) is 4.16. The van der Waals surface area contributed by atoms with E-state index >= 15 is 0 Å². The molecule has 0 aliphatic rings. The van der Waals surface area contributed by atoms with E-state index in [1.807, 2.05) is 0 Å². The third kappa shape index (κ3) is 9.74. The number of benzene rings is 1. The van der Waals surface area contributed by atoms with Crippen LogP contribution < -0.4 is 15.8 Å². The van der Waals surface area contributed by atoms with Gasteiger partial charge in [0.1, 0.15) is 5.75 Å². The van der Waals surface area contributed by atoms with E-state index in [-0.39, 0.29) is 18.1 Å². The van der Waals surface area contributed by atoms with Crippen molar-refractivity contribution in [3.63, 3.8) is 0 Å². The molecule has 0 aromatic heterocycles. The van der Waals surface area contributed by atoms with Crippen molar-refractivity contribution in [2.75, 3.05) is 19.0 Å². The number of nitrogens with two attached hydrogens (primary N) is 1. The number of nitrogens with one attached hydrogen (secondary N) is 1. The number of unbranched alkanes of at least 4 members (excludes halogenated alkanes) is 5. The van der Waals surface area contributed by atoms with Crippen molar-refractivity contribution in [1.29, 1.82) is 0 Å². The minimum Gasteiger partial charge on any atom is -0.497 e. The molecule has 1 unspecified atom stereocenters. The van der Waals surface area contributed by atoms with Gasteiger partial charge in [0, 0.05) is 0 Å². The second kappa shape index (κ2) is 14.9. The topological polar surface area (TPSA) is 90.6 Å². The lowest BCUT2D eigenvalue weighted by Gasteiger charge is -2.16. The Morgan fingerprint density at radius 2 is 1.64 bits per heavy atom. The van der Waals surface area contributed by atoms with Crippen molar-refractivity contribution < 1.29 is 19.1 Å². The van der Waals surface area contributed by atoms with E-state index in [1.165, 1.54) is 51.7 Å². The van der Waals surface area contributed by atoms with Gasteiger partial charge >= 0.3 is 5.97 Å². The Hall–Kier alpha value is -2.08. The van der Waals surface area contributed by atoms with Gasteiger partial charge in [0.05, 0.1) is 31.0 Å². The van der Waals surface area contributed by atoms with Crippen LogP contribution >= 0.6 is 0 Å². The highest BCUT2D eigenvalue weighted by atomic mass is 16.5. The zero-order valence-corrected chi connectivity index (χ0v) is 18.4. The van der Waals surface area contributed by atoms with Crippen LogP contribution in [0.25, 0.3) is 0 Å². The predicted octanol–water partition coefficient (Wildman–Crippen LogP) is 4.83. The van der Waals surface area contributed by atoms with Crippen LogP contribution in [-0.4, -0.2) is 31.6 Å². The fourth-order valence-corrected chi connectivity index (χ4v) is 2.50. The zero-order valence-electron chi connectivity index (χ0n) is 18.4. The number of methoxy groups -OCH3 is 1. The molecule has 6 nitrogen and oxygen atoms in total. The number of rotatable bonds is 10. The summed E-state index contributed by atoms with van der Waals surface area (Å²) < 4.78 is 10.1. The first kappa shape index (κ1) is 25.9. The van der Waals surface area contributed by atoms with Crippen LogP contribution in [-0.2, 0) is 9.53 Å². The van der Waals surface area contributed by atoms with Crippen LogP contribution in [0.15, 0.2) is 12.1 Å². The van der Waals surface area contributed by atoms with Crippen LogP contribution in [0.4, 0.5) is 5.69 Å². The Morgan fingerprint density at radius 1 is 1.07 bits per heavy atom. The van der Waals surface area contributed by atoms with Gasteiger partial charge in [0.15, 0.2) is 0 Å². The number of ether oxygens (including phenoxy) is 2. The summed E-state index contributed by atoms with van der Waals surface area (Å²) in [7, 11) is 1.50. The molecule has 0 saturated heterocycles. The average molecular weight is 395 g/mol. The number of anilines is 1. The first-order valence-electron chi connectivity index (χ1n) is 10.2. The Labute approximate surface area is 170 Å². The van der Waals surface area contributed by atoms with E-state index in [2.05, 4.69) is 19.2 Å². The number of amides is 1. The normalized spacial score (nSPS) is 11.1. The van der Waals surface area contributed by atoms with Crippen molar-refractivity contribution in [3.8, 4) is 5.75 Å². The van der Waals surface area contributed by atoms with Crippen molar-refractivity contribution in [2.45, 2.75) is 79.2 Å². The van der Waals surface area contributed by atoms with Crippen molar-refractivity contribution in [2.24, 2.45) is 5.73 Å². The summed E-state index contributed by atoms with van der Waals surface area (Å²) in [5.41, 5.74) is 6.86. The van der Waals surface area contributed by atoms with Crippen LogP contribution in [0.5, 0.6) is 5.75 Å². The zero-order chi connectivity index (χ0) is 21.5. The van der Waals surface area contributed by atoms with E-state index in [0.29, 0.717) is 17.0 Å². The summed E-state index contributed by atoms with van der Waals surface area (Å²) in [4.78, 5) is 23.7. The van der Waals surface area contributed by atoms with Gasteiger partial charge in [-0.25, -0.2) is 4.79 Å². The minimum absolute atomic E-state index is 0.246. The Morgan fingerprint density at radius 3 is 2.07 bits per heavy atom. The van der Waals surface area contributed by atoms with Crippen LogP contribution in [0, 0.1) is 6.92 Å². The summed E-state index contributed by atoms with van der Waals surface area (Å²) in [5, 5.41) is 2.65. The predicted molar refractivity (Wildman–Crippen MR) is 115 cm³/mol. The van der Waals surface area contributed by atoms with Gasteiger partial charge in [-0.15, -0.1) is 0 Å². The molecule has 3 N–H and O–H groups in total. The molecule has 0 bridgehead atoms. The van der Waals surface area contributed by atoms with E-state index in [0.717, 1.165) is 0 Å². The van der Waals surface area contributed by atoms with Crippen LogP contribution in [0.3, 0.4) is 0 Å². The summed E-state index contributed by atoms with van der Waals surface area (Å²) in [6.07, 6.45) is 8.49. The maximum absolute atomic E-state index is 12.0. The lowest BCUT2D eigenvalue weighted by molar-refractivity contribution is -0.117. The van der Waals surface area contributed by atoms with Crippen molar-refractivity contribution in [1.82, 2.24) is 0 Å². The van der Waals surface area contributed by atoms with Crippen LogP contribution in [0.2, 0.25) is 0 Å². The molecule has 0 spiro atoms. The quantitative estimate of drug-likeness (QED) is 0.438. The summed E-state index contributed by atoms with van der Waals surface area (Å²) in [5.74, 6) is -0.373. The van der Waals surface area contributed by atoms with Gasteiger partial charge in [0.25, 0.3) is 0 Å². The fraction of sp³-hybridized carbons (Fsp3) is 0.636. The van der Waals surface area contributed by atoms with Gasteiger partial charge in [-0.05, 0) is 38.5 Å². The molecule has 28 heavy (non-hydrogen) atoms. The smallest absolute Gasteiger partial charge is 0.340 e. The number of aryl methyl sites for hydroxylation is 1. The summed E-state index contributed by atoms with van der Waals surface area (Å²) in [6, 6.07) is 2.58. The first-order valence-corrected chi connectivity index (χ1v) is 10.2. The Kier molecular flexibility index (Phi) is 13.8. The molecular weight excluding hydrogens is 356 g/mol. The number of carbonyl (C=O) groups excluding carboxylic acids is 2. The maximum Gasteiger partial charge on any atom is 0.340 e. The van der Waals surface area contributed by atoms with Gasteiger partial charge in [0.2, 0.25) is 5.91 Å². The van der Waals surface area contributed by atoms with E-state index in [4.69, 9.17) is 15.2 Å². The number of esters is 1. The first-order chi connectivity index (χ1) is 13.3. The lowest BCUT2D eigenvalue weighted by Crippen LogP contribution is -2.33. The second-order valence-corrected chi connectivity index (χ2v) is 6.78. The van der Waals surface area contributed by atoms with Crippen LogP contribution in [0.1, 0.15) is 82.1 Å². The summed E-state index contributed by atoms with van der Waals surface area (Å²) in [6.45, 7) is 9.80. The van der Waals surface area contributed by atoms with Crippen molar-refractivity contribution >= 4 is 17.6 Å². The molecule has 0 radical (unpaired) electrons. The molecule has 1 amide bonds. The molecule has 0 fully saturated rings. The number of carbonyl (C=O) groups is 2. The average Bonchev–Trinajstić information content (AvgIpc) is 2.67. The second-order valence-electron chi connectivity index (χ2n) is 6.78. The third-order valence-corrected chi connectivity index (χ3v) is 4.16. The molecule has 1 aromatic rings. The number of hydrogen-bond donors (Lipinski definition) is 2. The minimum atomic E-state index is -0.674. The highest BCUT2D eigenvalue weighted by molar-refractivity contribution is 6.03. The van der Waals surface area contributed by atoms with Gasteiger partial charge in [-0.2, -0.15) is 0 Å². The highest BCUT2D eigenvalue weighted by Gasteiger charge is 2.19. The molecule has 6 heteroatoms. The highest BCUT2D eigenvalue weighted by Crippen LogP contribution is 2.27. The fourth-order valence-electron chi connectivity index (χ4n) is 2.50. The number of hydrogen-bond acceptors (Lipinski definition) is 5. The summed E-state index contributed by atoms with van der Waals surface area (Å²) >= 11 is 0. The molecule has 160 valence electrons. The van der Waals surface area contributed by atoms with Crippen molar-refractivity contribution in [3.05, 3.63) is 23.3 Å². The monoisotopic (exact) mass is 394 g/mol. The maximum atomic E-state index is 12.0. The molecule has 1 atom stereocenters. The van der Waals surface area contributed by atoms with Gasteiger partial charge in [-0.3, -0.25) is 4.79 Å². The largest absolute Gasteiger partial charge is 0.497 e. The van der Waals surface area contributed by atoms with E-state index < -0.39 is 12.0 Å². The van der Waals surface area contributed by atoms with E-state index in [1.54, 1.807) is 26.8 Å². The van der Waals surface area contributed by atoms with Gasteiger partial charge in [-0.1, -0.05) is 52.4 Å². The lowest BCUT2D eigenvalue weighted by atomic mass is 10.1. The molecule has 0 aliphatic heterocycles. The molecule has 1 rings (SSSR count). The van der Waals surface area contributed by atoms with E-state index in [9.17, 15) is 9.59 Å². The Balaban J connectivity index is 0.000000769. The molecule has 0 heterocycles. The Bertz CT molecular complexity index is 594. The standard InChI is InChI=1S/C14H20N2O4.C8H18/c1-5-20-14(18)11-7-10(19-4)6-8(2)12(11)16-13(17)9(3)15;1-3-5-7-8-6-4-2/h6-7,9H,5,15H2,1-4H3,(H,16,17);3-8H2,1-2H3. The SMILES string of the molecule is CCCCCCCC.CCOC(=O)c1cc(OC)cc(C)c1NC(=O)C(C)N. The molecule has 1 aromatic carbocycles. The molecule has 0 saturated carbocycles. The molecular formula is C22H38N2O4. The molecule has 0 aliphatic carbocycles.